The molecule has 0 saturated carbocycles. The molecule has 0 amide bonds. The molecule has 2 aromatic rings. The summed E-state index contributed by atoms with van der Waals surface area (Å²) in [5, 5.41) is 4.37. The van der Waals surface area contributed by atoms with Gasteiger partial charge < -0.3 is 9.73 Å². The molecule has 0 spiro atoms. The molecule has 0 unspecified atom stereocenters. The number of sulfone groups is 1. The lowest BCUT2D eigenvalue weighted by molar-refractivity contribution is 0.464. The Morgan fingerprint density at radius 3 is 2.77 bits per heavy atom. The second-order valence-electron chi connectivity index (χ2n) is 5.37. The van der Waals surface area contributed by atoms with Gasteiger partial charge in [0.25, 0.3) is 0 Å². The van der Waals surface area contributed by atoms with E-state index in [1.807, 2.05) is 12.1 Å². The lowest BCUT2D eigenvalue weighted by atomic mass is 10.2. The molecule has 22 heavy (non-hydrogen) atoms. The number of halogens is 2. The van der Waals surface area contributed by atoms with Crippen molar-refractivity contribution in [2.75, 3.05) is 11.5 Å². The average Bonchev–Trinajstić information content (AvgIpc) is 3.05. The second kappa shape index (κ2) is 6.24. The summed E-state index contributed by atoms with van der Waals surface area (Å²) in [7, 11) is -2.87. The molecule has 0 aliphatic carbocycles. The van der Waals surface area contributed by atoms with Crippen molar-refractivity contribution in [3.05, 3.63) is 46.1 Å². The molecule has 0 radical (unpaired) electrons. The predicted molar refractivity (Wildman–Crippen MR) is 88.1 cm³/mol. The van der Waals surface area contributed by atoms with Gasteiger partial charge >= 0.3 is 0 Å². The summed E-state index contributed by atoms with van der Waals surface area (Å²) in [4.78, 5) is 0. The van der Waals surface area contributed by atoms with Gasteiger partial charge in [0.1, 0.15) is 11.5 Å². The molecule has 2 heterocycles. The Hall–Kier alpha value is -1.01. The molecule has 1 fully saturated rings. The number of hydrogen-bond acceptors (Lipinski definition) is 4. The molecule has 1 aromatic heterocycles. The van der Waals surface area contributed by atoms with Crippen LogP contribution in [0.5, 0.6) is 0 Å². The molecule has 4 nitrogen and oxygen atoms in total. The fourth-order valence-corrected chi connectivity index (χ4v) is 4.60. The van der Waals surface area contributed by atoms with Crippen molar-refractivity contribution >= 4 is 33.0 Å². The topological polar surface area (TPSA) is 59.3 Å². The summed E-state index contributed by atoms with van der Waals surface area (Å²) in [6, 6.07) is 8.88. The van der Waals surface area contributed by atoms with Gasteiger partial charge in [0.2, 0.25) is 0 Å². The summed E-state index contributed by atoms with van der Waals surface area (Å²) in [6.07, 6.45) is 0.649. The van der Waals surface area contributed by atoms with E-state index >= 15 is 0 Å². The van der Waals surface area contributed by atoms with E-state index in [1.54, 1.807) is 18.2 Å². The number of furan rings is 1. The van der Waals surface area contributed by atoms with Crippen LogP contribution in [0.1, 0.15) is 12.2 Å². The van der Waals surface area contributed by atoms with Crippen molar-refractivity contribution in [1.29, 1.82) is 0 Å². The molecule has 1 saturated heterocycles. The van der Waals surface area contributed by atoms with E-state index in [4.69, 9.17) is 27.6 Å². The van der Waals surface area contributed by atoms with Crippen molar-refractivity contribution < 1.29 is 12.8 Å². The Morgan fingerprint density at radius 2 is 2.05 bits per heavy atom. The number of hydrogen-bond donors (Lipinski definition) is 1. The highest BCUT2D eigenvalue weighted by Crippen LogP contribution is 2.31. The van der Waals surface area contributed by atoms with Crippen LogP contribution in [0.2, 0.25) is 10.0 Å². The van der Waals surface area contributed by atoms with Crippen LogP contribution >= 0.6 is 23.2 Å². The maximum absolute atomic E-state index is 11.4. The molecule has 118 valence electrons. The van der Waals surface area contributed by atoms with Crippen molar-refractivity contribution in [3.63, 3.8) is 0 Å². The van der Waals surface area contributed by atoms with Crippen LogP contribution in [-0.2, 0) is 16.4 Å². The van der Waals surface area contributed by atoms with Gasteiger partial charge in [0.15, 0.2) is 9.84 Å². The minimum absolute atomic E-state index is 0.00620. The van der Waals surface area contributed by atoms with E-state index in [1.165, 1.54) is 0 Å². The maximum atomic E-state index is 11.4. The molecular weight excluding hydrogens is 345 g/mol. The first-order valence-corrected chi connectivity index (χ1v) is 9.49. The van der Waals surface area contributed by atoms with Crippen LogP contribution in [0, 0.1) is 0 Å². The van der Waals surface area contributed by atoms with Crippen LogP contribution in [0.15, 0.2) is 34.7 Å². The minimum atomic E-state index is -2.87. The quantitative estimate of drug-likeness (QED) is 0.906. The Labute approximate surface area is 139 Å². The van der Waals surface area contributed by atoms with Crippen molar-refractivity contribution in [3.8, 4) is 11.3 Å². The summed E-state index contributed by atoms with van der Waals surface area (Å²) in [6.45, 7) is 0.484. The number of nitrogens with one attached hydrogen (secondary N) is 1. The van der Waals surface area contributed by atoms with Gasteiger partial charge in [-0.05, 0) is 36.8 Å². The first kappa shape index (κ1) is 15.9. The molecule has 1 atom stereocenters. The fraction of sp³-hybridized carbons (Fsp3) is 0.333. The SMILES string of the molecule is O=S1(=O)CC[C@H](NCc2ccc(-c3cc(Cl)ccc3Cl)o2)C1. The Morgan fingerprint density at radius 1 is 1.23 bits per heavy atom. The van der Waals surface area contributed by atoms with Gasteiger partial charge in [-0.15, -0.1) is 0 Å². The third-order valence-corrected chi connectivity index (χ3v) is 5.99. The maximum Gasteiger partial charge on any atom is 0.151 e. The number of rotatable bonds is 4. The highest BCUT2D eigenvalue weighted by molar-refractivity contribution is 7.91. The Balaban J connectivity index is 1.68. The van der Waals surface area contributed by atoms with Crippen LogP contribution in [-0.4, -0.2) is 26.0 Å². The van der Waals surface area contributed by atoms with Gasteiger partial charge in [-0.25, -0.2) is 8.42 Å². The molecule has 1 aliphatic heterocycles. The molecule has 1 N–H and O–H groups in total. The molecule has 1 aromatic carbocycles. The first-order valence-electron chi connectivity index (χ1n) is 6.91. The largest absolute Gasteiger partial charge is 0.460 e. The van der Waals surface area contributed by atoms with Gasteiger partial charge in [-0.2, -0.15) is 0 Å². The molecule has 1 aliphatic rings. The van der Waals surface area contributed by atoms with E-state index in [0.717, 1.165) is 11.3 Å². The monoisotopic (exact) mass is 359 g/mol. The lowest BCUT2D eigenvalue weighted by Crippen LogP contribution is -2.29. The zero-order chi connectivity index (χ0) is 15.7. The van der Waals surface area contributed by atoms with Gasteiger partial charge in [-0.1, -0.05) is 23.2 Å². The zero-order valence-electron chi connectivity index (χ0n) is 11.7. The van der Waals surface area contributed by atoms with Crippen LogP contribution in [0.3, 0.4) is 0 Å². The van der Waals surface area contributed by atoms with Crippen LogP contribution in [0.25, 0.3) is 11.3 Å². The van der Waals surface area contributed by atoms with E-state index in [9.17, 15) is 8.42 Å². The average molecular weight is 360 g/mol. The normalized spacial score (nSPS) is 20.4. The van der Waals surface area contributed by atoms with E-state index in [-0.39, 0.29) is 17.5 Å². The summed E-state index contributed by atoms with van der Waals surface area (Å²) < 4.78 is 28.6. The zero-order valence-corrected chi connectivity index (χ0v) is 14.0. The molecule has 7 heteroatoms. The summed E-state index contributed by atoms with van der Waals surface area (Å²) >= 11 is 12.1. The van der Waals surface area contributed by atoms with E-state index in [0.29, 0.717) is 28.8 Å². The van der Waals surface area contributed by atoms with Gasteiger partial charge in [0, 0.05) is 16.6 Å². The third kappa shape index (κ3) is 3.66. The molecule has 0 bridgehead atoms. The highest BCUT2D eigenvalue weighted by Gasteiger charge is 2.27. The third-order valence-electron chi connectivity index (χ3n) is 3.65. The van der Waals surface area contributed by atoms with Crippen molar-refractivity contribution in [2.45, 2.75) is 19.0 Å². The van der Waals surface area contributed by atoms with E-state index < -0.39 is 9.84 Å². The van der Waals surface area contributed by atoms with Gasteiger partial charge in [-0.3, -0.25) is 0 Å². The molecular formula is C15H15Cl2NO3S. The van der Waals surface area contributed by atoms with Crippen LogP contribution in [0.4, 0.5) is 0 Å². The smallest absolute Gasteiger partial charge is 0.151 e. The standard InChI is InChI=1S/C15H15Cl2NO3S/c16-10-1-3-14(17)13(7-10)15-4-2-12(21-15)8-18-11-5-6-22(19,20)9-11/h1-4,7,11,18H,5-6,8-9H2/t11-/m0/s1. The molecule has 3 rings (SSSR count). The van der Waals surface area contributed by atoms with Gasteiger partial charge in [0.05, 0.1) is 23.1 Å². The highest BCUT2D eigenvalue weighted by atomic mass is 35.5. The minimum Gasteiger partial charge on any atom is -0.460 e. The predicted octanol–water partition coefficient (Wildman–Crippen LogP) is 3.53. The Bertz CT molecular complexity index is 786. The van der Waals surface area contributed by atoms with Crippen molar-refractivity contribution in [2.24, 2.45) is 0 Å². The van der Waals surface area contributed by atoms with Crippen molar-refractivity contribution in [1.82, 2.24) is 5.32 Å². The Kier molecular flexibility index (Phi) is 4.50. The fourth-order valence-electron chi connectivity index (χ4n) is 2.50. The summed E-state index contributed by atoms with van der Waals surface area (Å²) in [5.41, 5.74) is 0.740. The first-order chi connectivity index (χ1) is 10.4. The van der Waals surface area contributed by atoms with E-state index in [2.05, 4.69) is 5.32 Å². The summed E-state index contributed by atoms with van der Waals surface area (Å²) in [5.74, 6) is 1.83. The van der Waals surface area contributed by atoms with Crippen LogP contribution < -0.4 is 5.32 Å². The second-order valence-corrected chi connectivity index (χ2v) is 8.44. The number of benzene rings is 1. The lowest BCUT2D eigenvalue weighted by Gasteiger charge is -2.08.